The van der Waals surface area contributed by atoms with Crippen molar-refractivity contribution in [2.75, 3.05) is 20.1 Å². The number of nitrogens with two attached hydrogens (primary N) is 1. The maximum Gasteiger partial charge on any atom is 0.0179 e. The van der Waals surface area contributed by atoms with Gasteiger partial charge in [-0.05, 0) is 20.0 Å². The molecule has 0 saturated carbocycles. The van der Waals surface area contributed by atoms with Gasteiger partial charge in [0.25, 0.3) is 0 Å². The quantitative estimate of drug-likeness (QED) is 0.584. The Morgan fingerprint density at radius 3 is 1.73 bits per heavy atom. The van der Waals surface area contributed by atoms with Crippen molar-refractivity contribution in [1.82, 2.24) is 4.90 Å². The van der Waals surface area contributed by atoms with Crippen molar-refractivity contribution in [3.8, 4) is 0 Å². The van der Waals surface area contributed by atoms with E-state index in [1.54, 1.807) is 0 Å². The van der Waals surface area contributed by atoms with Crippen LogP contribution in [0, 0.1) is 0 Å². The van der Waals surface area contributed by atoms with Gasteiger partial charge in [0.2, 0.25) is 0 Å². The van der Waals surface area contributed by atoms with Gasteiger partial charge in [-0.1, -0.05) is 27.7 Å². The predicted molar refractivity (Wildman–Crippen MR) is 52.8 cm³/mol. The number of likely N-dealkylation sites (N-methyl/N-ethyl adjacent to an activating group) is 1. The summed E-state index contributed by atoms with van der Waals surface area (Å²) in [6.45, 7) is 10.3. The molecule has 0 radical (unpaired) electrons. The number of hydrogen-bond acceptors (Lipinski definition) is 2. The fraction of sp³-hybridized carbons (Fsp3) is 1.00. The highest BCUT2D eigenvalue weighted by molar-refractivity contribution is 4.74. The second-order valence-electron chi connectivity index (χ2n) is 2.31. The topological polar surface area (TPSA) is 29.3 Å². The first-order chi connectivity index (χ1) is 5.29. The molecular formula is C9H24N2. The van der Waals surface area contributed by atoms with E-state index in [1.165, 1.54) is 13.0 Å². The van der Waals surface area contributed by atoms with E-state index in [0.717, 1.165) is 6.54 Å². The van der Waals surface area contributed by atoms with Gasteiger partial charge < -0.3 is 10.6 Å². The smallest absolute Gasteiger partial charge is 0.0179 e. The van der Waals surface area contributed by atoms with Gasteiger partial charge in [0.15, 0.2) is 0 Å². The summed E-state index contributed by atoms with van der Waals surface area (Å²) in [7, 11) is 2.10. The van der Waals surface area contributed by atoms with Gasteiger partial charge in [-0.15, -0.1) is 0 Å². The molecule has 2 heteroatoms. The van der Waals surface area contributed by atoms with Gasteiger partial charge >= 0.3 is 0 Å². The van der Waals surface area contributed by atoms with Crippen molar-refractivity contribution in [3.63, 3.8) is 0 Å². The van der Waals surface area contributed by atoms with E-state index in [0.29, 0.717) is 6.04 Å². The Labute approximate surface area is 71.8 Å². The first-order valence-electron chi connectivity index (χ1n) is 4.73. The fourth-order valence-corrected chi connectivity index (χ4v) is 0.969. The normalized spacial score (nSPS) is 22.9. The average molecular weight is 160 g/mol. The summed E-state index contributed by atoms with van der Waals surface area (Å²) in [5, 5.41) is 0. The van der Waals surface area contributed by atoms with Crippen LogP contribution < -0.4 is 5.73 Å². The molecule has 0 aromatic rings. The molecule has 0 aromatic heterocycles. The third kappa shape index (κ3) is 7.82. The highest BCUT2D eigenvalue weighted by Crippen LogP contribution is 2.01. The Kier molecular flexibility index (Phi) is 12.2. The predicted octanol–water partition coefficient (Wildman–Crippen LogP) is 1.70. The van der Waals surface area contributed by atoms with Crippen LogP contribution in [0.2, 0.25) is 0 Å². The molecule has 1 heterocycles. The zero-order chi connectivity index (χ0) is 9.28. The minimum atomic E-state index is 0.449. The number of nitrogens with zero attached hydrogens (tertiary/aromatic N) is 1. The third-order valence-corrected chi connectivity index (χ3v) is 1.43. The van der Waals surface area contributed by atoms with E-state index in [-0.39, 0.29) is 0 Å². The molecule has 0 aliphatic carbocycles. The molecule has 0 amide bonds. The van der Waals surface area contributed by atoms with Gasteiger partial charge in [0.1, 0.15) is 0 Å². The molecule has 1 aliphatic heterocycles. The van der Waals surface area contributed by atoms with Crippen molar-refractivity contribution in [3.05, 3.63) is 0 Å². The molecule has 1 saturated heterocycles. The first-order valence-corrected chi connectivity index (χ1v) is 4.73. The van der Waals surface area contributed by atoms with Gasteiger partial charge in [-0.3, -0.25) is 0 Å². The standard InChI is InChI=1S/C5H12N2.2C2H6/c1-7-3-2-5(6)4-7;2*1-2/h5H,2-4,6H2,1H3;2*1-2H3. The Morgan fingerprint density at radius 1 is 1.18 bits per heavy atom. The molecule has 1 rings (SSSR count). The first kappa shape index (κ1) is 13.5. The largest absolute Gasteiger partial charge is 0.326 e. The molecule has 0 aromatic carbocycles. The van der Waals surface area contributed by atoms with Crippen molar-refractivity contribution >= 4 is 0 Å². The van der Waals surface area contributed by atoms with E-state index in [1.807, 2.05) is 27.7 Å². The number of hydrogen-bond donors (Lipinski definition) is 1. The second-order valence-corrected chi connectivity index (χ2v) is 2.31. The molecule has 1 aliphatic rings. The van der Waals surface area contributed by atoms with Crippen molar-refractivity contribution in [2.24, 2.45) is 5.73 Å². The van der Waals surface area contributed by atoms with Gasteiger partial charge in [-0.25, -0.2) is 0 Å². The number of rotatable bonds is 0. The Balaban J connectivity index is 0. The molecular weight excluding hydrogens is 136 g/mol. The summed E-state index contributed by atoms with van der Waals surface area (Å²) in [6, 6.07) is 0.449. The van der Waals surface area contributed by atoms with Crippen LogP contribution in [-0.4, -0.2) is 31.1 Å². The molecule has 2 nitrogen and oxygen atoms in total. The van der Waals surface area contributed by atoms with E-state index >= 15 is 0 Å². The van der Waals surface area contributed by atoms with Gasteiger partial charge in [-0.2, -0.15) is 0 Å². The lowest BCUT2D eigenvalue weighted by Crippen LogP contribution is -2.23. The summed E-state index contributed by atoms with van der Waals surface area (Å²) in [5.74, 6) is 0. The van der Waals surface area contributed by atoms with E-state index in [4.69, 9.17) is 5.73 Å². The SMILES string of the molecule is CC.CC.CN1CCC(N)C1. The summed E-state index contributed by atoms with van der Waals surface area (Å²) < 4.78 is 0. The molecule has 1 fully saturated rings. The maximum absolute atomic E-state index is 5.58. The van der Waals surface area contributed by atoms with E-state index in [9.17, 15) is 0 Å². The van der Waals surface area contributed by atoms with Crippen LogP contribution in [0.15, 0.2) is 0 Å². The van der Waals surface area contributed by atoms with Crippen LogP contribution in [-0.2, 0) is 0 Å². The van der Waals surface area contributed by atoms with E-state index < -0.39 is 0 Å². The summed E-state index contributed by atoms with van der Waals surface area (Å²) in [6.07, 6.45) is 1.18. The third-order valence-electron chi connectivity index (χ3n) is 1.43. The van der Waals surface area contributed by atoms with Gasteiger partial charge in [0, 0.05) is 12.6 Å². The minimum absolute atomic E-state index is 0.449. The zero-order valence-electron chi connectivity index (χ0n) is 8.72. The van der Waals surface area contributed by atoms with Crippen LogP contribution in [0.3, 0.4) is 0 Å². The lowest BCUT2D eigenvalue weighted by molar-refractivity contribution is 0.411. The molecule has 70 valence electrons. The molecule has 2 N–H and O–H groups in total. The molecule has 1 unspecified atom stereocenters. The highest BCUT2D eigenvalue weighted by Gasteiger charge is 2.13. The Hall–Kier alpha value is -0.0800. The Morgan fingerprint density at radius 2 is 1.64 bits per heavy atom. The average Bonchev–Trinajstić information content (AvgIpc) is 2.43. The molecule has 0 spiro atoms. The maximum atomic E-state index is 5.58. The van der Waals surface area contributed by atoms with Gasteiger partial charge in [0.05, 0.1) is 0 Å². The highest BCUT2D eigenvalue weighted by atomic mass is 15.1. The lowest BCUT2D eigenvalue weighted by atomic mass is 10.3. The lowest BCUT2D eigenvalue weighted by Gasteiger charge is -2.03. The van der Waals surface area contributed by atoms with Crippen LogP contribution in [0.5, 0.6) is 0 Å². The Bertz CT molecular complexity index is 56.6. The fourth-order valence-electron chi connectivity index (χ4n) is 0.969. The molecule has 11 heavy (non-hydrogen) atoms. The molecule has 1 atom stereocenters. The van der Waals surface area contributed by atoms with Crippen LogP contribution in [0.25, 0.3) is 0 Å². The summed E-state index contributed by atoms with van der Waals surface area (Å²) in [5.41, 5.74) is 5.58. The van der Waals surface area contributed by atoms with Crippen LogP contribution in [0.4, 0.5) is 0 Å². The van der Waals surface area contributed by atoms with Crippen molar-refractivity contribution in [2.45, 2.75) is 40.2 Å². The van der Waals surface area contributed by atoms with Crippen LogP contribution in [0.1, 0.15) is 34.1 Å². The summed E-state index contributed by atoms with van der Waals surface area (Å²) in [4.78, 5) is 2.25. The second kappa shape index (κ2) is 9.92. The van der Waals surface area contributed by atoms with E-state index in [2.05, 4.69) is 11.9 Å². The minimum Gasteiger partial charge on any atom is -0.326 e. The van der Waals surface area contributed by atoms with Crippen molar-refractivity contribution < 1.29 is 0 Å². The zero-order valence-corrected chi connectivity index (χ0v) is 8.72. The summed E-state index contributed by atoms with van der Waals surface area (Å²) >= 11 is 0. The van der Waals surface area contributed by atoms with Crippen LogP contribution >= 0.6 is 0 Å². The number of likely N-dealkylation sites (tertiary alicyclic amines) is 1. The monoisotopic (exact) mass is 160 g/mol. The van der Waals surface area contributed by atoms with Crippen molar-refractivity contribution in [1.29, 1.82) is 0 Å². The molecule has 0 bridgehead atoms.